The van der Waals surface area contributed by atoms with Crippen molar-refractivity contribution in [2.24, 2.45) is 5.41 Å². The van der Waals surface area contributed by atoms with Crippen molar-refractivity contribution in [3.8, 4) is 0 Å². The lowest BCUT2D eigenvalue weighted by Gasteiger charge is -2.11. The van der Waals surface area contributed by atoms with Crippen LogP contribution in [-0.2, 0) is 11.3 Å². The fourth-order valence-corrected chi connectivity index (χ4v) is 2.74. The Hall–Kier alpha value is -1.88. The van der Waals surface area contributed by atoms with Gasteiger partial charge in [0.1, 0.15) is 5.82 Å². The van der Waals surface area contributed by atoms with Crippen LogP contribution in [0.3, 0.4) is 0 Å². The standard InChI is InChI=1S/C17H21FN2O2/c1-10(2)13-7-15-11(6-14(13)18)5-12(20-15)8-19-16(22)17(9-21)3-4-17/h5-7,10,20-21H,3-4,8-9H2,1-2H3,(H,19,22). The summed E-state index contributed by atoms with van der Waals surface area (Å²) in [6.45, 7) is 4.17. The molecule has 1 heterocycles. The first-order valence-electron chi connectivity index (χ1n) is 7.65. The number of nitrogens with one attached hydrogen (secondary N) is 2. The number of halogens is 1. The lowest BCUT2D eigenvalue weighted by Crippen LogP contribution is -2.33. The molecule has 5 heteroatoms. The Morgan fingerprint density at radius 2 is 2.14 bits per heavy atom. The quantitative estimate of drug-likeness (QED) is 0.795. The summed E-state index contributed by atoms with van der Waals surface area (Å²) < 4.78 is 14.0. The van der Waals surface area contributed by atoms with Crippen LogP contribution in [0.1, 0.15) is 43.9 Å². The average Bonchev–Trinajstić information content (AvgIpc) is 3.18. The van der Waals surface area contributed by atoms with E-state index >= 15 is 0 Å². The molecule has 1 aromatic heterocycles. The molecule has 2 aromatic rings. The third-order valence-corrected chi connectivity index (χ3v) is 4.49. The highest BCUT2D eigenvalue weighted by atomic mass is 19.1. The maximum atomic E-state index is 14.0. The number of benzene rings is 1. The third-order valence-electron chi connectivity index (χ3n) is 4.49. The maximum Gasteiger partial charge on any atom is 0.228 e. The topological polar surface area (TPSA) is 65.1 Å². The van der Waals surface area contributed by atoms with Gasteiger partial charge in [-0.05, 0) is 42.5 Å². The molecular formula is C17H21FN2O2. The minimum Gasteiger partial charge on any atom is -0.395 e. The van der Waals surface area contributed by atoms with Crippen LogP contribution < -0.4 is 5.32 Å². The van der Waals surface area contributed by atoms with Crippen LogP contribution in [0.2, 0.25) is 0 Å². The lowest BCUT2D eigenvalue weighted by atomic mass is 10.0. The zero-order valence-electron chi connectivity index (χ0n) is 12.9. The molecular weight excluding hydrogens is 283 g/mol. The smallest absolute Gasteiger partial charge is 0.228 e. The van der Waals surface area contributed by atoms with Gasteiger partial charge in [0.15, 0.2) is 0 Å². The number of aromatic nitrogens is 1. The summed E-state index contributed by atoms with van der Waals surface area (Å²) in [4.78, 5) is 15.2. The summed E-state index contributed by atoms with van der Waals surface area (Å²) in [5, 5.41) is 12.9. The second-order valence-electron chi connectivity index (χ2n) is 6.53. The Labute approximate surface area is 128 Å². The summed E-state index contributed by atoms with van der Waals surface area (Å²) in [7, 11) is 0. The predicted molar refractivity (Wildman–Crippen MR) is 82.9 cm³/mol. The number of carbonyl (C=O) groups excluding carboxylic acids is 1. The highest BCUT2D eigenvalue weighted by molar-refractivity contribution is 5.86. The zero-order valence-corrected chi connectivity index (χ0v) is 12.9. The van der Waals surface area contributed by atoms with E-state index in [9.17, 15) is 14.3 Å². The molecule has 0 unspecified atom stereocenters. The van der Waals surface area contributed by atoms with Gasteiger partial charge in [-0.25, -0.2) is 4.39 Å². The van der Waals surface area contributed by atoms with Gasteiger partial charge in [-0.15, -0.1) is 0 Å². The van der Waals surface area contributed by atoms with Gasteiger partial charge in [-0.2, -0.15) is 0 Å². The molecule has 0 bridgehead atoms. The molecule has 1 aliphatic carbocycles. The van der Waals surface area contributed by atoms with Crippen molar-refractivity contribution in [3.63, 3.8) is 0 Å². The van der Waals surface area contributed by atoms with E-state index in [0.29, 0.717) is 12.1 Å². The molecule has 1 aliphatic rings. The van der Waals surface area contributed by atoms with Crippen molar-refractivity contribution >= 4 is 16.8 Å². The maximum absolute atomic E-state index is 14.0. The van der Waals surface area contributed by atoms with Crippen LogP contribution in [0.4, 0.5) is 4.39 Å². The van der Waals surface area contributed by atoms with Crippen molar-refractivity contribution in [1.82, 2.24) is 10.3 Å². The first kappa shape index (κ1) is 15.0. The molecule has 0 aliphatic heterocycles. The zero-order chi connectivity index (χ0) is 15.9. The molecule has 0 spiro atoms. The van der Waals surface area contributed by atoms with Crippen molar-refractivity contribution < 1.29 is 14.3 Å². The van der Waals surface area contributed by atoms with Gasteiger partial charge in [0, 0.05) is 16.6 Å². The van der Waals surface area contributed by atoms with Gasteiger partial charge in [0.25, 0.3) is 0 Å². The van der Waals surface area contributed by atoms with Gasteiger partial charge in [-0.1, -0.05) is 13.8 Å². The van der Waals surface area contributed by atoms with Gasteiger partial charge in [0.2, 0.25) is 5.91 Å². The molecule has 3 N–H and O–H groups in total. The number of aliphatic hydroxyl groups is 1. The molecule has 0 radical (unpaired) electrons. The number of fused-ring (bicyclic) bond motifs is 1. The summed E-state index contributed by atoms with van der Waals surface area (Å²) in [5.41, 5.74) is 1.82. The first-order valence-corrected chi connectivity index (χ1v) is 7.65. The van der Waals surface area contributed by atoms with E-state index in [1.807, 2.05) is 26.0 Å². The van der Waals surface area contributed by atoms with Crippen LogP contribution in [0.15, 0.2) is 18.2 Å². The van der Waals surface area contributed by atoms with Gasteiger partial charge < -0.3 is 15.4 Å². The second kappa shape index (κ2) is 5.39. The van der Waals surface area contributed by atoms with E-state index in [4.69, 9.17) is 0 Å². The van der Waals surface area contributed by atoms with Crippen LogP contribution in [-0.4, -0.2) is 22.6 Å². The van der Waals surface area contributed by atoms with Crippen molar-refractivity contribution in [2.45, 2.75) is 39.2 Å². The Bertz CT molecular complexity index is 717. The van der Waals surface area contributed by atoms with Crippen molar-refractivity contribution in [2.75, 3.05) is 6.61 Å². The molecule has 22 heavy (non-hydrogen) atoms. The molecule has 3 rings (SSSR count). The van der Waals surface area contributed by atoms with E-state index in [1.165, 1.54) is 6.07 Å². The van der Waals surface area contributed by atoms with Gasteiger partial charge in [-0.3, -0.25) is 4.79 Å². The highest BCUT2D eigenvalue weighted by Gasteiger charge is 2.49. The fraction of sp³-hybridized carbons (Fsp3) is 0.471. The molecule has 0 saturated heterocycles. The van der Waals surface area contributed by atoms with E-state index in [2.05, 4.69) is 10.3 Å². The number of aliphatic hydroxyl groups excluding tert-OH is 1. The molecule has 118 valence electrons. The van der Waals surface area contributed by atoms with Gasteiger partial charge >= 0.3 is 0 Å². The first-order chi connectivity index (χ1) is 10.4. The third kappa shape index (κ3) is 2.61. The van der Waals surface area contributed by atoms with Crippen LogP contribution in [0.5, 0.6) is 0 Å². The molecule has 1 fully saturated rings. The van der Waals surface area contributed by atoms with Crippen LogP contribution >= 0.6 is 0 Å². The number of amides is 1. The molecule has 1 amide bonds. The largest absolute Gasteiger partial charge is 0.395 e. The van der Waals surface area contributed by atoms with E-state index < -0.39 is 5.41 Å². The van der Waals surface area contributed by atoms with Gasteiger partial charge in [0.05, 0.1) is 18.6 Å². The lowest BCUT2D eigenvalue weighted by molar-refractivity contribution is -0.127. The summed E-state index contributed by atoms with van der Waals surface area (Å²) >= 11 is 0. The Morgan fingerprint density at radius 1 is 1.41 bits per heavy atom. The summed E-state index contributed by atoms with van der Waals surface area (Å²) in [6.07, 6.45) is 1.48. The van der Waals surface area contributed by atoms with Crippen molar-refractivity contribution in [1.29, 1.82) is 0 Å². The van der Waals surface area contributed by atoms with Crippen LogP contribution in [0, 0.1) is 11.2 Å². The number of carbonyl (C=O) groups is 1. The molecule has 1 aromatic carbocycles. The SMILES string of the molecule is CC(C)c1cc2[nH]c(CNC(=O)C3(CO)CC3)cc2cc1F. The normalized spacial score (nSPS) is 16.2. The molecule has 4 nitrogen and oxygen atoms in total. The second-order valence-corrected chi connectivity index (χ2v) is 6.53. The molecule has 0 atom stereocenters. The monoisotopic (exact) mass is 304 g/mol. The number of H-pyrrole nitrogens is 1. The van der Waals surface area contributed by atoms with Crippen LogP contribution in [0.25, 0.3) is 10.9 Å². The summed E-state index contributed by atoms with van der Waals surface area (Å²) in [6, 6.07) is 5.21. The minimum atomic E-state index is -0.567. The van der Waals surface area contributed by atoms with E-state index in [0.717, 1.165) is 29.4 Å². The van der Waals surface area contributed by atoms with E-state index in [-0.39, 0.29) is 24.2 Å². The van der Waals surface area contributed by atoms with Crippen molar-refractivity contribution in [3.05, 3.63) is 35.3 Å². The Morgan fingerprint density at radius 3 is 2.73 bits per heavy atom. The van der Waals surface area contributed by atoms with E-state index in [1.54, 1.807) is 0 Å². The number of hydrogen-bond donors (Lipinski definition) is 3. The average molecular weight is 304 g/mol. The highest BCUT2D eigenvalue weighted by Crippen LogP contribution is 2.45. The fourth-order valence-electron chi connectivity index (χ4n) is 2.74. The summed E-state index contributed by atoms with van der Waals surface area (Å²) in [5.74, 6) is -0.188. The number of aromatic amines is 1. The minimum absolute atomic E-state index is 0.103. The number of rotatable bonds is 5. The predicted octanol–water partition coefficient (Wildman–Crippen LogP) is 2.82. The number of hydrogen-bond acceptors (Lipinski definition) is 2. The Balaban J connectivity index is 1.76. The molecule has 1 saturated carbocycles. The Kier molecular flexibility index (Phi) is 3.68.